The number of carbonyl (C=O) groups is 2. The average Bonchev–Trinajstić information content (AvgIpc) is 2.68. The van der Waals surface area contributed by atoms with E-state index in [4.69, 9.17) is 0 Å². The molecule has 1 aliphatic heterocycles. The van der Waals surface area contributed by atoms with Gasteiger partial charge >= 0.3 is 5.97 Å². The highest BCUT2D eigenvalue weighted by Crippen LogP contribution is 2.19. The molecule has 0 saturated carbocycles. The van der Waals surface area contributed by atoms with Gasteiger partial charge in [0.25, 0.3) is 5.91 Å². The summed E-state index contributed by atoms with van der Waals surface area (Å²) < 4.78 is 4.67. The number of piperazine rings is 1. The van der Waals surface area contributed by atoms with Crippen LogP contribution in [0.3, 0.4) is 0 Å². The number of anilines is 2. The molecule has 1 N–H and O–H groups in total. The van der Waals surface area contributed by atoms with Crippen LogP contribution in [-0.2, 0) is 4.74 Å². The van der Waals surface area contributed by atoms with Gasteiger partial charge in [-0.1, -0.05) is 6.07 Å². The number of rotatable bonds is 4. The zero-order valence-corrected chi connectivity index (χ0v) is 15.1. The average molecular weight is 353 g/mol. The van der Waals surface area contributed by atoms with Crippen molar-refractivity contribution in [2.24, 2.45) is 0 Å². The summed E-state index contributed by atoms with van der Waals surface area (Å²) in [5.74, 6) is -0.574. The number of amides is 1. The number of hydrogen-bond donors (Lipinski definition) is 1. The van der Waals surface area contributed by atoms with Crippen LogP contribution in [-0.4, -0.2) is 57.1 Å². The summed E-state index contributed by atoms with van der Waals surface area (Å²) in [6.07, 6.45) is 0. The number of methoxy groups -OCH3 is 1. The fraction of sp³-hybridized carbons (Fsp3) is 0.300. The van der Waals surface area contributed by atoms with Crippen molar-refractivity contribution in [1.82, 2.24) is 4.90 Å². The molecule has 6 nitrogen and oxygen atoms in total. The quantitative estimate of drug-likeness (QED) is 0.856. The van der Waals surface area contributed by atoms with Crippen molar-refractivity contribution in [1.29, 1.82) is 0 Å². The number of esters is 1. The molecule has 0 spiro atoms. The molecule has 0 unspecified atom stereocenters. The summed E-state index contributed by atoms with van der Waals surface area (Å²) in [7, 11) is 3.46. The second-order valence-corrected chi connectivity index (χ2v) is 6.36. The Morgan fingerprint density at radius 2 is 1.65 bits per heavy atom. The van der Waals surface area contributed by atoms with Crippen LogP contribution in [0, 0.1) is 0 Å². The third-order valence-corrected chi connectivity index (χ3v) is 4.54. The van der Waals surface area contributed by atoms with Crippen LogP contribution in [0.1, 0.15) is 20.7 Å². The van der Waals surface area contributed by atoms with Crippen molar-refractivity contribution in [2.45, 2.75) is 0 Å². The predicted molar refractivity (Wildman–Crippen MR) is 102 cm³/mol. The van der Waals surface area contributed by atoms with E-state index in [2.05, 4.69) is 26.9 Å². The van der Waals surface area contributed by atoms with Crippen molar-refractivity contribution in [3.63, 3.8) is 0 Å². The minimum absolute atomic E-state index is 0.174. The first kappa shape index (κ1) is 17.9. The number of carbonyl (C=O) groups excluding carboxylic acids is 2. The lowest BCUT2D eigenvalue weighted by atomic mass is 10.1. The van der Waals surface area contributed by atoms with Crippen LogP contribution in [0.5, 0.6) is 0 Å². The molecule has 1 amide bonds. The van der Waals surface area contributed by atoms with E-state index in [-0.39, 0.29) is 5.91 Å². The van der Waals surface area contributed by atoms with Gasteiger partial charge in [0.05, 0.1) is 12.7 Å². The third kappa shape index (κ3) is 4.21. The summed E-state index contributed by atoms with van der Waals surface area (Å²) in [6.45, 7) is 3.94. The standard InChI is InChI=1S/C20H23N3O3/c1-22-10-12-23(13-11-22)18-5-3-4-16(14-18)19(24)21-17-8-6-15(7-9-17)20(25)26-2/h3-9,14H,10-13H2,1-2H3,(H,21,24). The van der Waals surface area contributed by atoms with Crippen LogP contribution in [0.15, 0.2) is 48.5 Å². The molecule has 1 fully saturated rings. The summed E-state index contributed by atoms with van der Waals surface area (Å²) in [5, 5.41) is 2.86. The molecule has 3 rings (SSSR count). The van der Waals surface area contributed by atoms with E-state index >= 15 is 0 Å². The van der Waals surface area contributed by atoms with Crippen LogP contribution in [0.4, 0.5) is 11.4 Å². The summed E-state index contributed by atoms with van der Waals surface area (Å²) in [6, 6.07) is 14.3. The van der Waals surface area contributed by atoms with Crippen molar-refractivity contribution in [3.8, 4) is 0 Å². The van der Waals surface area contributed by atoms with E-state index in [0.717, 1.165) is 31.9 Å². The number of nitrogens with zero attached hydrogens (tertiary/aromatic N) is 2. The number of ether oxygens (including phenoxy) is 1. The van der Waals surface area contributed by atoms with Crippen molar-refractivity contribution < 1.29 is 14.3 Å². The zero-order valence-electron chi connectivity index (χ0n) is 15.1. The monoisotopic (exact) mass is 353 g/mol. The maximum absolute atomic E-state index is 12.5. The summed E-state index contributed by atoms with van der Waals surface area (Å²) in [5.41, 5.74) is 2.75. The zero-order chi connectivity index (χ0) is 18.5. The normalized spacial score (nSPS) is 14.8. The van der Waals surface area contributed by atoms with Crippen molar-refractivity contribution in [3.05, 3.63) is 59.7 Å². The van der Waals surface area contributed by atoms with Crippen LogP contribution in [0.25, 0.3) is 0 Å². The first-order valence-corrected chi connectivity index (χ1v) is 8.60. The Bertz CT molecular complexity index is 781. The first-order valence-electron chi connectivity index (χ1n) is 8.60. The fourth-order valence-electron chi connectivity index (χ4n) is 2.92. The highest BCUT2D eigenvalue weighted by molar-refractivity contribution is 6.05. The molecule has 2 aromatic carbocycles. The van der Waals surface area contributed by atoms with E-state index in [1.807, 2.05) is 18.2 Å². The Balaban J connectivity index is 1.68. The SMILES string of the molecule is COC(=O)c1ccc(NC(=O)c2cccc(N3CCN(C)CC3)c2)cc1. The smallest absolute Gasteiger partial charge is 0.337 e. The highest BCUT2D eigenvalue weighted by Gasteiger charge is 2.16. The van der Waals surface area contributed by atoms with Crippen LogP contribution in [0.2, 0.25) is 0 Å². The Hall–Kier alpha value is -2.86. The minimum atomic E-state index is -0.400. The lowest BCUT2D eigenvalue weighted by Gasteiger charge is -2.34. The maximum Gasteiger partial charge on any atom is 0.337 e. The molecule has 2 aromatic rings. The van der Waals surface area contributed by atoms with Gasteiger partial charge in [-0.05, 0) is 49.5 Å². The fourth-order valence-corrected chi connectivity index (χ4v) is 2.92. The summed E-state index contributed by atoms with van der Waals surface area (Å²) >= 11 is 0. The van der Waals surface area contributed by atoms with Gasteiger partial charge in [0.2, 0.25) is 0 Å². The second-order valence-electron chi connectivity index (χ2n) is 6.36. The third-order valence-electron chi connectivity index (χ3n) is 4.54. The van der Waals surface area contributed by atoms with Gasteiger partial charge in [-0.15, -0.1) is 0 Å². The number of hydrogen-bond acceptors (Lipinski definition) is 5. The van der Waals surface area contributed by atoms with Gasteiger partial charge in [-0.2, -0.15) is 0 Å². The van der Waals surface area contributed by atoms with Gasteiger partial charge in [0.15, 0.2) is 0 Å². The van der Waals surface area contributed by atoms with Gasteiger partial charge in [-0.25, -0.2) is 4.79 Å². The molecular formula is C20H23N3O3. The molecule has 26 heavy (non-hydrogen) atoms. The summed E-state index contributed by atoms with van der Waals surface area (Å²) in [4.78, 5) is 28.6. The predicted octanol–water partition coefficient (Wildman–Crippen LogP) is 2.48. The minimum Gasteiger partial charge on any atom is -0.465 e. The van der Waals surface area contributed by atoms with Crippen LogP contribution >= 0.6 is 0 Å². The molecule has 136 valence electrons. The molecule has 0 aromatic heterocycles. The number of likely N-dealkylation sites (N-methyl/N-ethyl adjacent to an activating group) is 1. The largest absolute Gasteiger partial charge is 0.465 e. The van der Waals surface area contributed by atoms with Crippen LogP contribution < -0.4 is 10.2 Å². The lowest BCUT2D eigenvalue weighted by molar-refractivity contribution is 0.0600. The Morgan fingerprint density at radius 1 is 0.962 bits per heavy atom. The van der Waals surface area contributed by atoms with E-state index in [9.17, 15) is 9.59 Å². The molecule has 1 saturated heterocycles. The van der Waals surface area contributed by atoms with E-state index in [1.54, 1.807) is 30.3 Å². The Labute approximate surface area is 153 Å². The van der Waals surface area contributed by atoms with E-state index in [1.165, 1.54) is 7.11 Å². The van der Waals surface area contributed by atoms with E-state index < -0.39 is 5.97 Å². The highest BCUT2D eigenvalue weighted by atomic mass is 16.5. The van der Waals surface area contributed by atoms with Crippen molar-refractivity contribution in [2.75, 3.05) is 50.6 Å². The topological polar surface area (TPSA) is 61.9 Å². The molecule has 0 aliphatic carbocycles. The van der Waals surface area contributed by atoms with Crippen molar-refractivity contribution >= 4 is 23.3 Å². The molecule has 0 atom stereocenters. The lowest BCUT2D eigenvalue weighted by Crippen LogP contribution is -2.44. The molecule has 1 aliphatic rings. The number of nitrogens with one attached hydrogen (secondary N) is 1. The molecule has 1 heterocycles. The van der Waals surface area contributed by atoms with Gasteiger partial charge < -0.3 is 19.9 Å². The first-order chi connectivity index (χ1) is 12.6. The Morgan fingerprint density at radius 3 is 2.31 bits per heavy atom. The second kappa shape index (κ2) is 8.01. The molecule has 0 bridgehead atoms. The van der Waals surface area contributed by atoms with Gasteiger partial charge in [0.1, 0.15) is 0 Å². The maximum atomic E-state index is 12.5. The number of benzene rings is 2. The Kier molecular flexibility index (Phi) is 5.53. The van der Waals surface area contributed by atoms with Gasteiger partial charge in [-0.3, -0.25) is 4.79 Å². The molecule has 6 heteroatoms. The van der Waals surface area contributed by atoms with Gasteiger partial charge in [0, 0.05) is 43.1 Å². The van der Waals surface area contributed by atoms with E-state index in [0.29, 0.717) is 16.8 Å². The molecular weight excluding hydrogens is 330 g/mol. The molecule has 0 radical (unpaired) electrons.